The van der Waals surface area contributed by atoms with E-state index in [1.54, 1.807) is 0 Å². The molecule has 0 saturated heterocycles. The molecule has 3 rings (SSSR count). The topological polar surface area (TPSA) is 18.1 Å². The molecule has 0 spiro atoms. The van der Waals surface area contributed by atoms with E-state index in [0.717, 1.165) is 11.5 Å². The van der Waals surface area contributed by atoms with Gasteiger partial charge in [0.25, 0.3) is 0 Å². The lowest BCUT2D eigenvalue weighted by Gasteiger charge is -2.12. The van der Waals surface area contributed by atoms with E-state index >= 15 is 0 Å². The molecule has 0 bridgehead atoms. The van der Waals surface area contributed by atoms with Crippen molar-refractivity contribution in [1.82, 2.24) is 4.57 Å². The standard InChI is InChI=1S/C15H21N.C8H12O/c1-8-9(2)11(4)15-14(10(8)3)12(5)13(6)16(15)7;1-5-6(2)8(4)9-7(5)3/h1-7H3;1-4H3. The molecule has 0 aliphatic carbocycles. The van der Waals surface area contributed by atoms with Crippen molar-refractivity contribution < 1.29 is 4.42 Å². The lowest BCUT2D eigenvalue weighted by atomic mass is 9.94. The van der Waals surface area contributed by atoms with Crippen molar-refractivity contribution in [2.24, 2.45) is 7.05 Å². The molecule has 0 atom stereocenters. The van der Waals surface area contributed by atoms with Crippen LogP contribution in [0.4, 0.5) is 0 Å². The maximum atomic E-state index is 5.34. The van der Waals surface area contributed by atoms with Crippen LogP contribution in [0.15, 0.2) is 4.42 Å². The lowest BCUT2D eigenvalue weighted by Crippen LogP contribution is -1.97. The highest BCUT2D eigenvalue weighted by atomic mass is 16.3. The van der Waals surface area contributed by atoms with Gasteiger partial charge in [-0.15, -0.1) is 0 Å². The summed E-state index contributed by atoms with van der Waals surface area (Å²) in [6.07, 6.45) is 0. The number of benzene rings is 1. The van der Waals surface area contributed by atoms with Crippen molar-refractivity contribution in [1.29, 1.82) is 0 Å². The first-order valence-corrected chi connectivity index (χ1v) is 9.05. The number of furan rings is 1. The molecule has 0 N–H and O–H groups in total. The van der Waals surface area contributed by atoms with Gasteiger partial charge in [0.1, 0.15) is 11.5 Å². The van der Waals surface area contributed by atoms with Crippen molar-refractivity contribution in [3.8, 4) is 0 Å². The average Bonchev–Trinajstić information content (AvgIpc) is 2.93. The summed E-state index contributed by atoms with van der Waals surface area (Å²) < 4.78 is 7.68. The second-order valence-electron chi connectivity index (χ2n) is 7.46. The number of aryl methyl sites for hydroxylation is 6. The van der Waals surface area contributed by atoms with Gasteiger partial charge in [-0.3, -0.25) is 0 Å². The fraction of sp³-hybridized carbons (Fsp3) is 0.478. The van der Waals surface area contributed by atoms with Gasteiger partial charge in [0.15, 0.2) is 0 Å². The van der Waals surface area contributed by atoms with Crippen molar-refractivity contribution in [3.05, 3.63) is 56.2 Å². The number of rotatable bonds is 0. The number of hydrogen-bond acceptors (Lipinski definition) is 1. The Morgan fingerprint density at radius 1 is 0.520 bits per heavy atom. The van der Waals surface area contributed by atoms with Crippen molar-refractivity contribution in [2.75, 3.05) is 0 Å². The minimum Gasteiger partial charge on any atom is -0.466 e. The first kappa shape index (κ1) is 19.4. The zero-order valence-electron chi connectivity index (χ0n) is 17.9. The summed E-state index contributed by atoms with van der Waals surface area (Å²) in [5.41, 5.74) is 12.5. The first-order chi connectivity index (χ1) is 11.5. The van der Waals surface area contributed by atoms with Crippen LogP contribution in [0, 0.1) is 69.2 Å². The Morgan fingerprint density at radius 3 is 1.36 bits per heavy atom. The van der Waals surface area contributed by atoms with Crippen molar-refractivity contribution in [2.45, 2.75) is 69.2 Å². The Kier molecular flexibility index (Phi) is 5.22. The third kappa shape index (κ3) is 3.03. The summed E-state index contributed by atoms with van der Waals surface area (Å²) in [6, 6.07) is 0. The Hall–Kier alpha value is -1.96. The van der Waals surface area contributed by atoms with Crippen LogP contribution < -0.4 is 0 Å². The predicted octanol–water partition coefficient (Wildman–Crippen LogP) is 6.54. The van der Waals surface area contributed by atoms with Gasteiger partial charge >= 0.3 is 0 Å². The van der Waals surface area contributed by atoms with E-state index < -0.39 is 0 Å². The van der Waals surface area contributed by atoms with Gasteiger partial charge in [0, 0.05) is 18.1 Å². The SMILES string of the molecule is Cc1c(C)c(C)c2c(c1C)c(C)c(C)n2C.Cc1oc(C)c(C)c1C. The third-order valence-electron chi connectivity index (χ3n) is 6.34. The van der Waals surface area contributed by atoms with E-state index in [1.807, 2.05) is 13.8 Å². The summed E-state index contributed by atoms with van der Waals surface area (Å²) in [6.45, 7) is 21.6. The maximum absolute atomic E-state index is 5.34. The molecule has 0 fully saturated rings. The monoisotopic (exact) mass is 339 g/mol. The predicted molar refractivity (Wildman–Crippen MR) is 109 cm³/mol. The molecule has 2 aromatic heterocycles. The molecule has 136 valence electrons. The zero-order valence-corrected chi connectivity index (χ0v) is 17.9. The Morgan fingerprint density at radius 2 is 0.960 bits per heavy atom. The molecule has 1 aromatic carbocycles. The molecule has 0 aliphatic rings. The molecule has 0 saturated carbocycles. The van der Waals surface area contributed by atoms with Crippen LogP contribution in [0.25, 0.3) is 10.9 Å². The van der Waals surface area contributed by atoms with Crippen LogP contribution in [0.1, 0.15) is 56.2 Å². The van der Waals surface area contributed by atoms with E-state index in [9.17, 15) is 0 Å². The summed E-state index contributed by atoms with van der Waals surface area (Å²) in [4.78, 5) is 0. The van der Waals surface area contributed by atoms with Gasteiger partial charge in [-0.05, 0) is 108 Å². The second-order valence-corrected chi connectivity index (χ2v) is 7.46. The van der Waals surface area contributed by atoms with Gasteiger partial charge in [0.2, 0.25) is 0 Å². The highest BCUT2D eigenvalue weighted by Crippen LogP contribution is 2.34. The van der Waals surface area contributed by atoms with Gasteiger partial charge < -0.3 is 8.98 Å². The van der Waals surface area contributed by atoms with E-state index in [-0.39, 0.29) is 0 Å². The quantitative estimate of drug-likeness (QED) is 0.454. The molecule has 2 nitrogen and oxygen atoms in total. The fourth-order valence-electron chi connectivity index (χ4n) is 3.68. The van der Waals surface area contributed by atoms with Gasteiger partial charge in [-0.25, -0.2) is 0 Å². The minimum absolute atomic E-state index is 1.05. The maximum Gasteiger partial charge on any atom is 0.104 e. The molecule has 3 aromatic rings. The van der Waals surface area contributed by atoms with Crippen LogP contribution in [-0.2, 0) is 7.05 Å². The Balaban J connectivity index is 0.000000212. The molecule has 0 radical (unpaired) electrons. The average molecular weight is 340 g/mol. The normalized spacial score (nSPS) is 11.0. The van der Waals surface area contributed by atoms with Crippen molar-refractivity contribution in [3.63, 3.8) is 0 Å². The molecular formula is C23H33NO. The molecule has 2 heterocycles. The van der Waals surface area contributed by atoms with Crippen LogP contribution >= 0.6 is 0 Å². The summed E-state index contributed by atoms with van der Waals surface area (Å²) >= 11 is 0. The van der Waals surface area contributed by atoms with E-state index in [4.69, 9.17) is 4.42 Å². The van der Waals surface area contributed by atoms with Crippen LogP contribution in [0.5, 0.6) is 0 Å². The van der Waals surface area contributed by atoms with Crippen LogP contribution in [0.2, 0.25) is 0 Å². The number of fused-ring (bicyclic) bond motifs is 1. The van der Waals surface area contributed by atoms with Crippen LogP contribution in [-0.4, -0.2) is 4.57 Å². The summed E-state index contributed by atoms with van der Waals surface area (Å²) in [7, 11) is 2.17. The van der Waals surface area contributed by atoms with Crippen molar-refractivity contribution >= 4 is 10.9 Å². The number of aromatic nitrogens is 1. The molecule has 25 heavy (non-hydrogen) atoms. The number of nitrogens with zero attached hydrogens (tertiary/aromatic N) is 1. The smallest absolute Gasteiger partial charge is 0.104 e. The number of hydrogen-bond donors (Lipinski definition) is 0. The Labute approximate surface area is 152 Å². The van der Waals surface area contributed by atoms with E-state index in [2.05, 4.69) is 67.0 Å². The van der Waals surface area contributed by atoms with Gasteiger partial charge in [0.05, 0.1) is 5.52 Å². The summed E-state index contributed by atoms with van der Waals surface area (Å²) in [5.74, 6) is 2.09. The van der Waals surface area contributed by atoms with Crippen LogP contribution in [0.3, 0.4) is 0 Å². The van der Waals surface area contributed by atoms with E-state index in [1.165, 1.54) is 55.5 Å². The lowest BCUT2D eigenvalue weighted by molar-refractivity contribution is 0.501. The largest absolute Gasteiger partial charge is 0.466 e. The highest BCUT2D eigenvalue weighted by Gasteiger charge is 2.16. The molecular weight excluding hydrogens is 306 g/mol. The van der Waals surface area contributed by atoms with Gasteiger partial charge in [-0.2, -0.15) is 0 Å². The molecule has 0 amide bonds. The molecule has 2 heteroatoms. The molecule has 0 aliphatic heterocycles. The second kappa shape index (κ2) is 6.74. The zero-order chi connectivity index (χ0) is 19.2. The molecule has 0 unspecified atom stereocenters. The summed E-state index contributed by atoms with van der Waals surface area (Å²) in [5, 5.41) is 1.46. The third-order valence-corrected chi connectivity index (χ3v) is 6.34. The van der Waals surface area contributed by atoms with Gasteiger partial charge in [-0.1, -0.05) is 0 Å². The highest BCUT2D eigenvalue weighted by molar-refractivity contribution is 5.92. The van der Waals surface area contributed by atoms with E-state index in [0.29, 0.717) is 0 Å². The Bertz CT molecular complexity index is 878. The minimum atomic E-state index is 1.05. The first-order valence-electron chi connectivity index (χ1n) is 9.05. The fourth-order valence-corrected chi connectivity index (χ4v) is 3.68.